The zero-order chi connectivity index (χ0) is 25.6. The van der Waals surface area contributed by atoms with Crippen LogP contribution in [0.2, 0.25) is 0 Å². The van der Waals surface area contributed by atoms with Gasteiger partial charge in [-0.05, 0) is 79.3 Å². The summed E-state index contributed by atoms with van der Waals surface area (Å²) in [5.74, 6) is 1.69. The van der Waals surface area contributed by atoms with Crippen molar-refractivity contribution in [1.82, 2.24) is 5.32 Å². The lowest BCUT2D eigenvalue weighted by Crippen LogP contribution is -2.26. The van der Waals surface area contributed by atoms with Crippen LogP contribution in [0.4, 0.5) is 5.69 Å². The fourth-order valence-electron chi connectivity index (χ4n) is 4.97. The summed E-state index contributed by atoms with van der Waals surface area (Å²) < 4.78 is 5.94. The van der Waals surface area contributed by atoms with Crippen molar-refractivity contribution in [2.75, 3.05) is 18.5 Å². The van der Waals surface area contributed by atoms with Gasteiger partial charge in [-0.3, -0.25) is 9.59 Å². The Balaban J connectivity index is 1.20. The third kappa shape index (κ3) is 6.55. The largest absolute Gasteiger partial charge is 0.493 e. The van der Waals surface area contributed by atoms with E-state index >= 15 is 0 Å². The smallest absolute Gasteiger partial charge is 0.251 e. The molecule has 5 nitrogen and oxygen atoms in total. The average Bonchev–Trinajstić information content (AvgIpc) is 3.13. The van der Waals surface area contributed by atoms with Crippen LogP contribution in [0.1, 0.15) is 48.8 Å². The average molecular weight is 495 g/mol. The Bertz CT molecular complexity index is 1280. The number of hydrogen-bond donors (Lipinski definition) is 2. The minimum atomic E-state index is -0.102. The standard InChI is InChI=1S/C32H34N2O3/c1-22-2-8-25(9-3-22)26-10-15-31-28(18-26)19-27(16-17-37-31)32(36)34-29-11-4-23(5-12-29)20-33-21-24-6-13-30(35)14-7-24/h2-5,8-12,15,18-19,24,33H,6-7,13-14,16-17,20-21H2,1H3,(H,34,36). The Morgan fingerprint density at radius 2 is 1.65 bits per heavy atom. The predicted molar refractivity (Wildman–Crippen MR) is 148 cm³/mol. The van der Waals surface area contributed by atoms with E-state index in [-0.39, 0.29) is 5.91 Å². The number of benzene rings is 3. The third-order valence-corrected chi connectivity index (χ3v) is 7.28. The quantitative estimate of drug-likeness (QED) is 0.404. The highest BCUT2D eigenvalue weighted by Gasteiger charge is 2.18. The molecule has 1 aliphatic carbocycles. The number of carbonyl (C=O) groups is 2. The van der Waals surface area contributed by atoms with Crippen LogP contribution >= 0.6 is 0 Å². The van der Waals surface area contributed by atoms with Crippen LogP contribution in [0.3, 0.4) is 0 Å². The Hall–Kier alpha value is -3.70. The number of nitrogens with one attached hydrogen (secondary N) is 2. The van der Waals surface area contributed by atoms with Crippen LogP contribution in [-0.4, -0.2) is 24.8 Å². The molecule has 5 rings (SSSR count). The fourth-order valence-corrected chi connectivity index (χ4v) is 4.97. The minimum absolute atomic E-state index is 0.102. The van der Waals surface area contributed by atoms with E-state index in [9.17, 15) is 9.59 Å². The highest BCUT2D eigenvalue weighted by Crippen LogP contribution is 2.31. The van der Waals surface area contributed by atoms with Gasteiger partial charge >= 0.3 is 0 Å². The van der Waals surface area contributed by atoms with E-state index in [1.165, 1.54) is 11.1 Å². The number of fused-ring (bicyclic) bond motifs is 1. The van der Waals surface area contributed by atoms with Gasteiger partial charge in [0.05, 0.1) is 6.61 Å². The summed E-state index contributed by atoms with van der Waals surface area (Å²) in [5, 5.41) is 6.56. The summed E-state index contributed by atoms with van der Waals surface area (Å²) >= 11 is 0. The van der Waals surface area contributed by atoms with E-state index in [2.05, 4.69) is 54.0 Å². The molecule has 2 N–H and O–H groups in total. The zero-order valence-corrected chi connectivity index (χ0v) is 21.4. The predicted octanol–water partition coefficient (Wildman–Crippen LogP) is 6.32. The van der Waals surface area contributed by atoms with Gasteiger partial charge < -0.3 is 15.4 Å². The molecule has 0 atom stereocenters. The molecule has 0 spiro atoms. The molecule has 0 saturated heterocycles. The summed E-state index contributed by atoms with van der Waals surface area (Å²) in [6.07, 6.45) is 5.94. The second-order valence-electron chi connectivity index (χ2n) is 10.2. The van der Waals surface area contributed by atoms with Gasteiger partial charge in [0, 0.05) is 42.6 Å². The van der Waals surface area contributed by atoms with Crippen LogP contribution in [0.5, 0.6) is 5.75 Å². The Morgan fingerprint density at radius 3 is 2.41 bits per heavy atom. The molecule has 0 aromatic heterocycles. The number of carbonyl (C=O) groups excluding carboxylic acids is 2. The number of ether oxygens (including phenoxy) is 1. The lowest BCUT2D eigenvalue weighted by molar-refractivity contribution is -0.121. The number of ketones is 1. The van der Waals surface area contributed by atoms with Gasteiger partial charge in [-0.25, -0.2) is 0 Å². The maximum absolute atomic E-state index is 13.1. The van der Waals surface area contributed by atoms with Crippen molar-refractivity contribution >= 4 is 23.5 Å². The van der Waals surface area contributed by atoms with E-state index in [0.717, 1.165) is 66.9 Å². The van der Waals surface area contributed by atoms with Crippen LogP contribution in [0.15, 0.2) is 72.3 Å². The van der Waals surface area contributed by atoms with Crippen LogP contribution in [-0.2, 0) is 16.1 Å². The molecule has 1 heterocycles. The van der Waals surface area contributed by atoms with Crippen LogP contribution < -0.4 is 15.4 Å². The zero-order valence-electron chi connectivity index (χ0n) is 21.4. The SMILES string of the molecule is Cc1ccc(-c2ccc3c(c2)C=C(C(=O)Nc2ccc(CNCC4CCC(=O)CC4)cc2)CCO3)cc1. The topological polar surface area (TPSA) is 67.4 Å². The number of aryl methyl sites for hydroxylation is 1. The van der Waals surface area contributed by atoms with Crippen LogP contribution in [0.25, 0.3) is 17.2 Å². The van der Waals surface area contributed by atoms with E-state index in [1.807, 2.05) is 36.4 Å². The van der Waals surface area contributed by atoms with Crippen molar-refractivity contribution in [3.63, 3.8) is 0 Å². The highest BCUT2D eigenvalue weighted by molar-refractivity contribution is 6.07. The second kappa shape index (κ2) is 11.6. The molecule has 190 valence electrons. The van der Waals surface area contributed by atoms with E-state index in [4.69, 9.17) is 4.74 Å². The normalized spacial score (nSPS) is 15.8. The van der Waals surface area contributed by atoms with Gasteiger partial charge in [-0.1, -0.05) is 48.0 Å². The number of amides is 1. The first-order valence-corrected chi connectivity index (χ1v) is 13.2. The third-order valence-electron chi connectivity index (χ3n) is 7.28. The molecule has 37 heavy (non-hydrogen) atoms. The summed E-state index contributed by atoms with van der Waals surface area (Å²) in [4.78, 5) is 24.5. The number of hydrogen-bond acceptors (Lipinski definition) is 4. The van der Waals surface area contributed by atoms with Crippen molar-refractivity contribution in [2.45, 2.75) is 45.6 Å². The molecule has 3 aromatic rings. The monoisotopic (exact) mass is 494 g/mol. The van der Waals surface area contributed by atoms with Crippen LogP contribution in [0, 0.1) is 12.8 Å². The molecule has 5 heteroatoms. The Morgan fingerprint density at radius 1 is 0.919 bits per heavy atom. The second-order valence-corrected chi connectivity index (χ2v) is 10.2. The first-order valence-electron chi connectivity index (χ1n) is 13.2. The minimum Gasteiger partial charge on any atom is -0.493 e. The Kier molecular flexibility index (Phi) is 7.81. The van der Waals surface area contributed by atoms with Gasteiger partial charge in [0.2, 0.25) is 0 Å². The summed E-state index contributed by atoms with van der Waals surface area (Å²) in [6, 6.07) is 22.6. The number of anilines is 1. The first kappa shape index (κ1) is 25.0. The van der Waals surface area contributed by atoms with Gasteiger partial charge in [0.15, 0.2) is 0 Å². The molecule has 3 aromatic carbocycles. The van der Waals surface area contributed by atoms with E-state index in [1.54, 1.807) is 0 Å². The van der Waals surface area contributed by atoms with Crippen molar-refractivity contribution in [2.24, 2.45) is 5.92 Å². The number of Topliss-reactive ketones (excluding diaryl/α,β-unsaturated/α-hetero) is 1. The lowest BCUT2D eigenvalue weighted by atomic mass is 9.88. The Labute approximate surface area is 218 Å². The van der Waals surface area contributed by atoms with E-state index < -0.39 is 0 Å². The van der Waals surface area contributed by atoms with Gasteiger partial charge in [0.1, 0.15) is 11.5 Å². The molecular formula is C32H34N2O3. The molecule has 0 bridgehead atoms. The van der Waals surface area contributed by atoms with Gasteiger partial charge in [-0.2, -0.15) is 0 Å². The highest BCUT2D eigenvalue weighted by atomic mass is 16.5. The molecule has 1 amide bonds. The lowest BCUT2D eigenvalue weighted by Gasteiger charge is -2.21. The number of rotatable bonds is 7. The summed E-state index contributed by atoms with van der Waals surface area (Å²) in [5.41, 5.74) is 7.04. The summed E-state index contributed by atoms with van der Waals surface area (Å²) in [6.45, 7) is 4.27. The van der Waals surface area contributed by atoms with Crippen molar-refractivity contribution in [3.8, 4) is 16.9 Å². The van der Waals surface area contributed by atoms with Gasteiger partial charge in [0.25, 0.3) is 5.91 Å². The first-order chi connectivity index (χ1) is 18.0. The molecule has 1 fully saturated rings. The molecule has 2 aliphatic rings. The molecule has 1 aliphatic heterocycles. The molecule has 0 radical (unpaired) electrons. The maximum atomic E-state index is 13.1. The summed E-state index contributed by atoms with van der Waals surface area (Å²) in [7, 11) is 0. The van der Waals surface area contributed by atoms with Crippen molar-refractivity contribution < 1.29 is 14.3 Å². The van der Waals surface area contributed by atoms with Crippen molar-refractivity contribution in [3.05, 3.63) is 89.0 Å². The van der Waals surface area contributed by atoms with Crippen molar-refractivity contribution in [1.29, 1.82) is 0 Å². The van der Waals surface area contributed by atoms with E-state index in [0.29, 0.717) is 30.3 Å². The molecular weight excluding hydrogens is 460 g/mol. The van der Waals surface area contributed by atoms with Gasteiger partial charge in [-0.15, -0.1) is 0 Å². The maximum Gasteiger partial charge on any atom is 0.251 e. The molecule has 0 unspecified atom stereocenters. The fraction of sp³-hybridized carbons (Fsp3) is 0.312. The molecule has 1 saturated carbocycles.